The Kier molecular flexibility index (Phi) is 5.22. The van der Waals surface area contributed by atoms with Gasteiger partial charge in [0.05, 0.1) is 11.3 Å². The fourth-order valence-corrected chi connectivity index (χ4v) is 2.85. The van der Waals surface area contributed by atoms with Crippen LogP contribution >= 0.6 is 0 Å². The van der Waals surface area contributed by atoms with E-state index in [-0.39, 0.29) is 5.82 Å². The zero-order chi connectivity index (χ0) is 15.5. The standard InChI is InChI=1S/C17H27FN2O/c1-13(2)10-19-11-14-5-6-16(15(18)9-14)20-8-4-7-17(3,21)12-20/h5-6,9,13,19,21H,4,7-8,10-12H2,1-3H3. The van der Waals surface area contributed by atoms with Crippen LogP contribution in [0.15, 0.2) is 18.2 Å². The molecule has 21 heavy (non-hydrogen) atoms. The van der Waals surface area contributed by atoms with E-state index < -0.39 is 5.60 Å². The summed E-state index contributed by atoms with van der Waals surface area (Å²) in [5.74, 6) is 0.390. The van der Waals surface area contributed by atoms with Gasteiger partial charge in [-0.15, -0.1) is 0 Å². The third-order valence-electron chi connectivity index (χ3n) is 3.91. The first-order valence-electron chi connectivity index (χ1n) is 7.84. The van der Waals surface area contributed by atoms with Crippen LogP contribution in [0.5, 0.6) is 0 Å². The molecule has 0 aromatic heterocycles. The lowest BCUT2D eigenvalue weighted by molar-refractivity contribution is 0.0447. The number of hydrogen-bond acceptors (Lipinski definition) is 3. The molecule has 0 spiro atoms. The SMILES string of the molecule is CC(C)CNCc1ccc(N2CCCC(C)(O)C2)c(F)c1. The van der Waals surface area contributed by atoms with Crippen molar-refractivity contribution in [2.24, 2.45) is 5.92 Å². The van der Waals surface area contributed by atoms with Crippen LogP contribution in [-0.2, 0) is 6.54 Å². The first kappa shape index (κ1) is 16.2. The van der Waals surface area contributed by atoms with Crippen LogP contribution in [0.4, 0.5) is 10.1 Å². The van der Waals surface area contributed by atoms with Crippen molar-refractivity contribution in [3.8, 4) is 0 Å². The number of hydrogen-bond donors (Lipinski definition) is 2. The molecule has 3 nitrogen and oxygen atoms in total. The predicted octanol–water partition coefficient (Wildman–Crippen LogP) is 2.92. The average Bonchev–Trinajstić information content (AvgIpc) is 2.37. The molecule has 1 fully saturated rings. The smallest absolute Gasteiger partial charge is 0.146 e. The maximum atomic E-state index is 14.3. The molecule has 1 aromatic rings. The van der Waals surface area contributed by atoms with E-state index in [1.807, 2.05) is 24.0 Å². The van der Waals surface area contributed by atoms with Crippen LogP contribution in [0.2, 0.25) is 0 Å². The monoisotopic (exact) mass is 294 g/mol. The maximum Gasteiger partial charge on any atom is 0.146 e. The number of nitrogens with one attached hydrogen (secondary N) is 1. The first-order valence-corrected chi connectivity index (χ1v) is 7.84. The van der Waals surface area contributed by atoms with E-state index in [0.29, 0.717) is 24.7 Å². The fraction of sp³-hybridized carbons (Fsp3) is 0.647. The van der Waals surface area contributed by atoms with Crippen molar-refractivity contribution in [2.75, 3.05) is 24.5 Å². The molecule has 118 valence electrons. The number of benzene rings is 1. The third kappa shape index (κ3) is 4.68. The summed E-state index contributed by atoms with van der Waals surface area (Å²) in [6, 6.07) is 5.41. The van der Waals surface area contributed by atoms with Crippen LogP contribution in [0.1, 0.15) is 39.2 Å². The molecule has 0 radical (unpaired) electrons. The van der Waals surface area contributed by atoms with Gasteiger partial charge in [0.2, 0.25) is 0 Å². The minimum absolute atomic E-state index is 0.198. The van der Waals surface area contributed by atoms with Gasteiger partial charge < -0.3 is 15.3 Å². The van der Waals surface area contributed by atoms with Gasteiger partial charge in [-0.05, 0) is 49.9 Å². The van der Waals surface area contributed by atoms with Gasteiger partial charge in [-0.1, -0.05) is 19.9 Å². The summed E-state index contributed by atoms with van der Waals surface area (Å²) < 4.78 is 14.3. The highest BCUT2D eigenvalue weighted by molar-refractivity contribution is 5.50. The van der Waals surface area contributed by atoms with Gasteiger partial charge in [0.1, 0.15) is 5.82 Å². The second-order valence-corrected chi connectivity index (χ2v) is 6.83. The fourth-order valence-electron chi connectivity index (χ4n) is 2.85. The highest BCUT2D eigenvalue weighted by Gasteiger charge is 2.29. The molecule has 1 atom stereocenters. The van der Waals surface area contributed by atoms with Gasteiger partial charge in [0.25, 0.3) is 0 Å². The summed E-state index contributed by atoms with van der Waals surface area (Å²) in [6.07, 6.45) is 1.67. The zero-order valence-electron chi connectivity index (χ0n) is 13.3. The Bertz CT molecular complexity index is 474. The molecule has 4 heteroatoms. The van der Waals surface area contributed by atoms with Gasteiger partial charge in [-0.3, -0.25) is 0 Å². The van der Waals surface area contributed by atoms with Crippen molar-refractivity contribution in [1.82, 2.24) is 5.32 Å². The van der Waals surface area contributed by atoms with E-state index in [1.165, 1.54) is 0 Å². The molecule has 2 rings (SSSR count). The molecule has 1 aliphatic rings. The lowest BCUT2D eigenvalue weighted by Gasteiger charge is -2.38. The zero-order valence-corrected chi connectivity index (χ0v) is 13.3. The van der Waals surface area contributed by atoms with E-state index in [9.17, 15) is 9.50 Å². The molecule has 0 bridgehead atoms. The van der Waals surface area contributed by atoms with Crippen LogP contribution < -0.4 is 10.2 Å². The van der Waals surface area contributed by atoms with E-state index >= 15 is 0 Å². The quantitative estimate of drug-likeness (QED) is 0.876. The predicted molar refractivity (Wildman–Crippen MR) is 85.0 cm³/mol. The molecular weight excluding hydrogens is 267 g/mol. The number of anilines is 1. The first-order chi connectivity index (χ1) is 9.87. The Morgan fingerprint density at radius 1 is 1.43 bits per heavy atom. The molecule has 1 unspecified atom stereocenters. The maximum absolute atomic E-state index is 14.3. The van der Waals surface area contributed by atoms with E-state index in [0.717, 1.165) is 31.5 Å². The number of halogens is 1. The summed E-state index contributed by atoms with van der Waals surface area (Å²) in [7, 11) is 0. The summed E-state index contributed by atoms with van der Waals surface area (Å²) in [5, 5.41) is 13.5. The van der Waals surface area contributed by atoms with E-state index in [1.54, 1.807) is 6.07 Å². The minimum Gasteiger partial charge on any atom is -0.388 e. The molecule has 1 aromatic carbocycles. The number of β-amino-alcohol motifs (C(OH)–C–C–N with tert-alkyl or cyclic N) is 1. The average molecular weight is 294 g/mol. The van der Waals surface area contributed by atoms with Gasteiger partial charge in [-0.2, -0.15) is 0 Å². The molecule has 1 saturated heterocycles. The summed E-state index contributed by atoms with van der Waals surface area (Å²) >= 11 is 0. The van der Waals surface area contributed by atoms with Crippen molar-refractivity contribution >= 4 is 5.69 Å². The Labute approximate surface area is 127 Å². The molecule has 1 heterocycles. The Morgan fingerprint density at radius 2 is 2.19 bits per heavy atom. The highest BCUT2D eigenvalue weighted by Crippen LogP contribution is 2.28. The minimum atomic E-state index is -0.720. The van der Waals surface area contributed by atoms with E-state index in [2.05, 4.69) is 19.2 Å². The van der Waals surface area contributed by atoms with E-state index in [4.69, 9.17) is 0 Å². The van der Waals surface area contributed by atoms with Gasteiger partial charge in [0.15, 0.2) is 0 Å². The van der Waals surface area contributed by atoms with Crippen LogP contribution in [0, 0.1) is 11.7 Å². The third-order valence-corrected chi connectivity index (χ3v) is 3.91. The largest absolute Gasteiger partial charge is 0.388 e. The Balaban J connectivity index is 2.02. The molecular formula is C17H27FN2O. The number of aliphatic hydroxyl groups is 1. The van der Waals surface area contributed by atoms with Gasteiger partial charge >= 0.3 is 0 Å². The highest BCUT2D eigenvalue weighted by atomic mass is 19.1. The summed E-state index contributed by atoms with van der Waals surface area (Å²) in [6.45, 7) is 9.04. The number of nitrogens with zero attached hydrogens (tertiary/aromatic N) is 1. The molecule has 0 saturated carbocycles. The van der Waals surface area contributed by atoms with Crippen LogP contribution in [-0.4, -0.2) is 30.3 Å². The molecule has 0 aliphatic carbocycles. The molecule has 1 aliphatic heterocycles. The molecule has 0 amide bonds. The summed E-state index contributed by atoms with van der Waals surface area (Å²) in [4.78, 5) is 1.95. The molecule has 2 N–H and O–H groups in total. The van der Waals surface area contributed by atoms with Crippen molar-refractivity contribution < 1.29 is 9.50 Å². The summed E-state index contributed by atoms with van der Waals surface area (Å²) in [5.41, 5.74) is 0.839. The topological polar surface area (TPSA) is 35.5 Å². The van der Waals surface area contributed by atoms with Crippen molar-refractivity contribution in [2.45, 2.75) is 45.8 Å². The normalized spacial score (nSPS) is 22.9. The second-order valence-electron chi connectivity index (χ2n) is 6.83. The Morgan fingerprint density at radius 3 is 2.81 bits per heavy atom. The van der Waals surface area contributed by atoms with Crippen LogP contribution in [0.3, 0.4) is 0 Å². The van der Waals surface area contributed by atoms with Crippen molar-refractivity contribution in [3.63, 3.8) is 0 Å². The lowest BCUT2D eigenvalue weighted by Crippen LogP contribution is -2.46. The number of piperidine rings is 1. The second kappa shape index (κ2) is 6.75. The van der Waals surface area contributed by atoms with Crippen molar-refractivity contribution in [3.05, 3.63) is 29.6 Å². The lowest BCUT2D eigenvalue weighted by atomic mass is 9.94. The van der Waals surface area contributed by atoms with Gasteiger partial charge in [-0.25, -0.2) is 4.39 Å². The Hall–Kier alpha value is -1.13. The van der Waals surface area contributed by atoms with Gasteiger partial charge in [0, 0.05) is 19.6 Å². The number of rotatable bonds is 5. The van der Waals surface area contributed by atoms with Crippen LogP contribution in [0.25, 0.3) is 0 Å². The van der Waals surface area contributed by atoms with Crippen molar-refractivity contribution in [1.29, 1.82) is 0 Å².